The monoisotopic (exact) mass is 454 g/mol. The largest absolute Gasteiger partial charge is 0.459 e. The van der Waals surface area contributed by atoms with Crippen molar-refractivity contribution in [2.75, 3.05) is 6.61 Å². The SMILES string of the molecule is CC(=O)OC(C1[C@]2(O)CO[C@@H]2C[C@H](C)[C@@]1(C)C(=O)[C@@H](C)O)[C@]1(O)C[C@H](O)C(C)=CC1(C)C. The number of fused-ring (bicyclic) bond motifs is 1. The number of rotatable bonds is 5. The Morgan fingerprint density at radius 3 is 2.31 bits per heavy atom. The zero-order valence-corrected chi connectivity index (χ0v) is 20.1. The molecule has 1 saturated carbocycles. The van der Waals surface area contributed by atoms with Gasteiger partial charge in [0.05, 0.1) is 18.8 Å². The molecule has 0 amide bonds. The van der Waals surface area contributed by atoms with E-state index in [1.54, 1.807) is 33.8 Å². The average molecular weight is 455 g/mol. The number of carbonyl (C=O) groups is 2. The number of esters is 1. The number of hydrogen-bond donors (Lipinski definition) is 4. The molecule has 8 heteroatoms. The van der Waals surface area contributed by atoms with Gasteiger partial charge in [-0.05, 0) is 31.8 Å². The van der Waals surface area contributed by atoms with Gasteiger partial charge in [-0.3, -0.25) is 9.59 Å². The van der Waals surface area contributed by atoms with Crippen molar-refractivity contribution in [3.63, 3.8) is 0 Å². The van der Waals surface area contributed by atoms with Crippen LogP contribution in [0.3, 0.4) is 0 Å². The first-order valence-corrected chi connectivity index (χ1v) is 11.4. The Labute approximate surface area is 189 Å². The molecule has 2 unspecified atom stereocenters. The van der Waals surface area contributed by atoms with Crippen molar-refractivity contribution < 1.29 is 39.5 Å². The van der Waals surface area contributed by atoms with E-state index >= 15 is 0 Å². The fraction of sp³-hybridized carbons (Fsp3) is 0.833. The summed E-state index contributed by atoms with van der Waals surface area (Å²) < 4.78 is 11.4. The highest BCUT2D eigenvalue weighted by Crippen LogP contribution is 2.60. The van der Waals surface area contributed by atoms with Gasteiger partial charge in [0, 0.05) is 30.1 Å². The van der Waals surface area contributed by atoms with Crippen molar-refractivity contribution >= 4 is 11.8 Å². The lowest BCUT2D eigenvalue weighted by Gasteiger charge is -2.65. The van der Waals surface area contributed by atoms with Gasteiger partial charge >= 0.3 is 5.97 Å². The van der Waals surface area contributed by atoms with Crippen molar-refractivity contribution in [1.82, 2.24) is 0 Å². The Morgan fingerprint density at radius 1 is 1.25 bits per heavy atom. The zero-order valence-electron chi connectivity index (χ0n) is 20.1. The Morgan fingerprint density at radius 2 is 1.84 bits per heavy atom. The zero-order chi connectivity index (χ0) is 24.4. The summed E-state index contributed by atoms with van der Waals surface area (Å²) in [5.74, 6) is -2.57. The lowest BCUT2D eigenvalue weighted by atomic mass is 9.47. The van der Waals surface area contributed by atoms with Gasteiger partial charge in [-0.1, -0.05) is 33.8 Å². The molecule has 0 aromatic rings. The number of ketones is 1. The van der Waals surface area contributed by atoms with Crippen LogP contribution >= 0.6 is 0 Å². The first-order chi connectivity index (χ1) is 14.5. The molecule has 1 saturated heterocycles. The molecular formula is C24H38O8. The third-order valence-electron chi connectivity index (χ3n) is 8.56. The average Bonchev–Trinajstić information content (AvgIpc) is 2.66. The number of hydrogen-bond acceptors (Lipinski definition) is 8. The van der Waals surface area contributed by atoms with E-state index in [0.29, 0.717) is 12.0 Å². The van der Waals surface area contributed by atoms with Crippen LogP contribution in [0.5, 0.6) is 0 Å². The number of aliphatic hydroxyl groups is 4. The van der Waals surface area contributed by atoms with Crippen LogP contribution in [0.4, 0.5) is 0 Å². The topological polar surface area (TPSA) is 134 Å². The Kier molecular flexibility index (Phi) is 6.23. The Balaban J connectivity index is 2.26. The van der Waals surface area contributed by atoms with E-state index in [4.69, 9.17) is 9.47 Å². The van der Waals surface area contributed by atoms with Gasteiger partial charge in [-0.2, -0.15) is 0 Å². The third kappa shape index (κ3) is 3.46. The van der Waals surface area contributed by atoms with Gasteiger partial charge < -0.3 is 29.9 Å². The van der Waals surface area contributed by atoms with Crippen LogP contribution in [0.1, 0.15) is 61.3 Å². The number of carbonyl (C=O) groups excluding carboxylic acids is 2. The summed E-state index contributed by atoms with van der Waals surface area (Å²) in [6.45, 7) is 11.3. The molecule has 3 aliphatic rings. The molecule has 0 aromatic carbocycles. The Hall–Kier alpha value is -1.32. The van der Waals surface area contributed by atoms with Gasteiger partial charge in [0.15, 0.2) is 5.78 Å². The van der Waals surface area contributed by atoms with E-state index < -0.39 is 64.1 Å². The van der Waals surface area contributed by atoms with Gasteiger partial charge in [0.1, 0.15) is 23.4 Å². The van der Waals surface area contributed by atoms with Crippen LogP contribution in [-0.4, -0.2) is 74.4 Å². The molecule has 32 heavy (non-hydrogen) atoms. The summed E-state index contributed by atoms with van der Waals surface area (Å²) in [4.78, 5) is 25.7. The van der Waals surface area contributed by atoms with E-state index in [2.05, 4.69) is 0 Å². The fourth-order valence-electron chi connectivity index (χ4n) is 6.36. The molecule has 9 atom stereocenters. The van der Waals surface area contributed by atoms with Gasteiger partial charge in [-0.15, -0.1) is 0 Å². The summed E-state index contributed by atoms with van der Waals surface area (Å²) in [5, 5.41) is 44.8. The molecule has 4 N–H and O–H groups in total. The van der Waals surface area contributed by atoms with Crippen LogP contribution in [0.2, 0.25) is 0 Å². The molecule has 182 valence electrons. The molecule has 1 aliphatic heterocycles. The molecule has 8 nitrogen and oxygen atoms in total. The highest BCUT2D eigenvalue weighted by atomic mass is 16.6. The predicted octanol–water partition coefficient (Wildman–Crippen LogP) is 1.13. The second-order valence-electron chi connectivity index (χ2n) is 11.0. The van der Waals surface area contributed by atoms with Crippen LogP contribution in [0, 0.1) is 22.7 Å². The first kappa shape index (κ1) is 25.3. The van der Waals surface area contributed by atoms with Crippen molar-refractivity contribution in [3.05, 3.63) is 11.6 Å². The second kappa shape index (κ2) is 7.87. The van der Waals surface area contributed by atoms with Crippen LogP contribution < -0.4 is 0 Å². The summed E-state index contributed by atoms with van der Waals surface area (Å²) in [6.07, 6.45) is -2.21. The van der Waals surface area contributed by atoms with E-state index in [0.717, 1.165) is 0 Å². The summed E-state index contributed by atoms with van der Waals surface area (Å²) in [5.41, 5.74) is -4.93. The second-order valence-corrected chi connectivity index (χ2v) is 11.0. The molecule has 0 aromatic heterocycles. The lowest BCUT2D eigenvalue weighted by molar-refractivity contribution is -0.336. The lowest BCUT2D eigenvalue weighted by Crippen LogP contribution is -2.78. The molecule has 3 rings (SSSR count). The number of ether oxygens (including phenoxy) is 2. The van der Waals surface area contributed by atoms with E-state index in [9.17, 15) is 30.0 Å². The summed E-state index contributed by atoms with van der Waals surface area (Å²) >= 11 is 0. The smallest absolute Gasteiger partial charge is 0.303 e. The highest BCUT2D eigenvalue weighted by Gasteiger charge is 2.72. The predicted molar refractivity (Wildman–Crippen MR) is 115 cm³/mol. The van der Waals surface area contributed by atoms with Crippen molar-refractivity contribution in [3.8, 4) is 0 Å². The van der Waals surface area contributed by atoms with E-state index in [1.807, 2.05) is 6.92 Å². The molecule has 0 bridgehead atoms. The molecule has 1 heterocycles. The molecule has 0 spiro atoms. The molecule has 2 fully saturated rings. The highest BCUT2D eigenvalue weighted by molar-refractivity contribution is 5.89. The van der Waals surface area contributed by atoms with Crippen molar-refractivity contribution in [2.45, 2.75) is 96.9 Å². The summed E-state index contributed by atoms with van der Waals surface area (Å²) in [7, 11) is 0. The standard InChI is InChI=1S/C24H38O8/c1-12-9-21(5,6)24(30,10-16(12)27)20(32-15(4)26)18-22(7,19(28)14(3)25)13(2)8-17-23(18,29)11-31-17/h9,13-14,16-18,20,25,27,29-30H,8,10-11H2,1-7H3/t13-,14+,16-,17+,18?,20?,22+,23-,24+/m0/s1. The van der Waals surface area contributed by atoms with Crippen LogP contribution in [0.25, 0.3) is 0 Å². The molecular weight excluding hydrogens is 416 g/mol. The van der Waals surface area contributed by atoms with Crippen LogP contribution in [0.15, 0.2) is 11.6 Å². The molecule has 2 aliphatic carbocycles. The minimum Gasteiger partial charge on any atom is -0.459 e. The quantitative estimate of drug-likeness (QED) is 0.359. The number of Topliss-reactive ketones (excluding diaryl/α,β-unsaturated/α-hetero) is 1. The summed E-state index contributed by atoms with van der Waals surface area (Å²) in [6, 6.07) is 0. The maximum atomic E-state index is 13.4. The van der Waals surface area contributed by atoms with E-state index in [-0.39, 0.29) is 18.9 Å². The normalized spacial score (nSPS) is 45.0. The van der Waals surface area contributed by atoms with E-state index in [1.165, 1.54) is 13.8 Å². The fourth-order valence-corrected chi connectivity index (χ4v) is 6.36. The van der Waals surface area contributed by atoms with Gasteiger partial charge in [-0.25, -0.2) is 0 Å². The minimum absolute atomic E-state index is 0.0799. The molecule has 0 radical (unpaired) electrons. The maximum Gasteiger partial charge on any atom is 0.303 e. The van der Waals surface area contributed by atoms with Crippen molar-refractivity contribution in [2.24, 2.45) is 22.7 Å². The Bertz CT molecular complexity index is 819. The maximum absolute atomic E-state index is 13.4. The minimum atomic E-state index is -1.80. The number of aliphatic hydroxyl groups excluding tert-OH is 2. The van der Waals surface area contributed by atoms with Crippen LogP contribution in [-0.2, 0) is 19.1 Å². The van der Waals surface area contributed by atoms with Crippen molar-refractivity contribution in [1.29, 1.82) is 0 Å². The third-order valence-corrected chi connectivity index (χ3v) is 8.56. The first-order valence-electron chi connectivity index (χ1n) is 11.4. The van der Waals surface area contributed by atoms with Gasteiger partial charge in [0.25, 0.3) is 0 Å². The van der Waals surface area contributed by atoms with Gasteiger partial charge in [0.2, 0.25) is 0 Å².